The number of amides is 2. The van der Waals surface area contributed by atoms with E-state index in [1.807, 2.05) is 0 Å². The number of anilines is 1. The predicted molar refractivity (Wildman–Crippen MR) is 82.1 cm³/mol. The molecule has 102 valence electrons. The minimum atomic E-state index is -0.554. The Morgan fingerprint density at radius 3 is 2.60 bits per heavy atom. The van der Waals surface area contributed by atoms with Gasteiger partial charge >= 0.3 is 0 Å². The molecule has 0 aliphatic rings. The van der Waals surface area contributed by atoms with Gasteiger partial charge in [-0.2, -0.15) is 0 Å². The van der Waals surface area contributed by atoms with Crippen LogP contribution in [0.3, 0.4) is 0 Å². The molecule has 0 heterocycles. The lowest BCUT2D eigenvalue weighted by molar-refractivity contribution is 0.0996. The van der Waals surface area contributed by atoms with Gasteiger partial charge in [-0.05, 0) is 36.4 Å². The van der Waals surface area contributed by atoms with E-state index in [1.165, 1.54) is 6.07 Å². The van der Waals surface area contributed by atoms with E-state index in [1.54, 1.807) is 36.4 Å². The number of hydrogen-bond acceptors (Lipinski definition) is 2. The zero-order valence-electron chi connectivity index (χ0n) is 10.2. The number of rotatable bonds is 3. The lowest BCUT2D eigenvalue weighted by Crippen LogP contribution is -2.14. The number of nitrogens with one attached hydrogen (secondary N) is 1. The van der Waals surface area contributed by atoms with Gasteiger partial charge in [-0.3, -0.25) is 9.59 Å². The first-order chi connectivity index (χ1) is 9.47. The van der Waals surface area contributed by atoms with Crippen LogP contribution >= 0.6 is 27.5 Å². The number of nitrogens with two attached hydrogens (primary N) is 1. The van der Waals surface area contributed by atoms with Crippen molar-refractivity contribution in [3.8, 4) is 0 Å². The van der Waals surface area contributed by atoms with Crippen molar-refractivity contribution in [3.63, 3.8) is 0 Å². The normalized spacial score (nSPS) is 10.1. The molecule has 0 unspecified atom stereocenters. The number of primary amides is 1. The molecular formula is C14H10BrClN2O2. The van der Waals surface area contributed by atoms with Gasteiger partial charge < -0.3 is 11.1 Å². The molecule has 2 rings (SSSR count). The van der Waals surface area contributed by atoms with Crippen molar-refractivity contribution in [1.29, 1.82) is 0 Å². The average Bonchev–Trinajstić information content (AvgIpc) is 2.41. The fourth-order valence-corrected chi connectivity index (χ4v) is 2.18. The van der Waals surface area contributed by atoms with Crippen LogP contribution in [-0.2, 0) is 0 Å². The van der Waals surface area contributed by atoms with Crippen molar-refractivity contribution < 1.29 is 9.59 Å². The van der Waals surface area contributed by atoms with Crippen LogP contribution in [0.1, 0.15) is 20.7 Å². The highest BCUT2D eigenvalue weighted by Crippen LogP contribution is 2.22. The third kappa shape index (κ3) is 3.37. The predicted octanol–water partition coefficient (Wildman–Crippen LogP) is 3.45. The van der Waals surface area contributed by atoms with Crippen LogP contribution in [0.4, 0.5) is 5.69 Å². The van der Waals surface area contributed by atoms with E-state index in [-0.39, 0.29) is 5.91 Å². The second-order valence-corrected chi connectivity index (χ2v) is 5.35. The molecular weight excluding hydrogens is 344 g/mol. The van der Waals surface area contributed by atoms with Gasteiger partial charge in [0, 0.05) is 15.7 Å². The summed E-state index contributed by atoms with van der Waals surface area (Å²) in [5, 5.41) is 3.01. The van der Waals surface area contributed by atoms with Crippen LogP contribution in [-0.4, -0.2) is 11.8 Å². The molecule has 0 radical (unpaired) electrons. The molecule has 2 amide bonds. The molecule has 0 atom stereocenters. The van der Waals surface area contributed by atoms with Gasteiger partial charge in [0.1, 0.15) is 0 Å². The largest absolute Gasteiger partial charge is 0.366 e. The highest BCUT2D eigenvalue weighted by molar-refractivity contribution is 9.10. The molecule has 20 heavy (non-hydrogen) atoms. The zero-order chi connectivity index (χ0) is 14.7. The number of carbonyl (C=O) groups excluding carboxylic acids is 2. The van der Waals surface area contributed by atoms with Crippen molar-refractivity contribution in [2.24, 2.45) is 5.73 Å². The molecule has 6 heteroatoms. The van der Waals surface area contributed by atoms with Crippen LogP contribution in [0.15, 0.2) is 46.9 Å². The quantitative estimate of drug-likeness (QED) is 0.887. The minimum absolute atomic E-state index is 0.322. The number of benzene rings is 2. The first-order valence-electron chi connectivity index (χ1n) is 5.63. The highest BCUT2D eigenvalue weighted by atomic mass is 79.9. The SMILES string of the molecule is NC(=O)c1cccc(NC(=O)c2cc(Br)ccc2Cl)c1. The van der Waals surface area contributed by atoms with Crippen molar-refractivity contribution >= 4 is 45.0 Å². The van der Waals surface area contributed by atoms with E-state index < -0.39 is 5.91 Å². The topological polar surface area (TPSA) is 72.2 Å². The van der Waals surface area contributed by atoms with E-state index in [9.17, 15) is 9.59 Å². The summed E-state index contributed by atoms with van der Waals surface area (Å²) in [5.41, 5.74) is 6.32. The summed E-state index contributed by atoms with van der Waals surface area (Å²) in [6.07, 6.45) is 0. The molecule has 3 N–H and O–H groups in total. The van der Waals surface area contributed by atoms with Crippen LogP contribution < -0.4 is 11.1 Å². The molecule has 0 aromatic heterocycles. The summed E-state index contributed by atoms with van der Waals surface area (Å²) in [4.78, 5) is 23.2. The van der Waals surface area contributed by atoms with Crippen LogP contribution in [0, 0.1) is 0 Å². The lowest BCUT2D eigenvalue weighted by atomic mass is 10.1. The Kier molecular flexibility index (Phi) is 4.42. The summed E-state index contributed by atoms with van der Waals surface area (Å²) in [7, 11) is 0. The minimum Gasteiger partial charge on any atom is -0.366 e. The van der Waals surface area contributed by atoms with E-state index >= 15 is 0 Å². The maximum atomic E-state index is 12.1. The fraction of sp³-hybridized carbons (Fsp3) is 0. The van der Waals surface area contributed by atoms with E-state index in [0.717, 1.165) is 4.47 Å². The highest BCUT2D eigenvalue weighted by Gasteiger charge is 2.11. The molecule has 2 aromatic rings. The maximum absolute atomic E-state index is 12.1. The van der Waals surface area contributed by atoms with Crippen molar-refractivity contribution in [1.82, 2.24) is 0 Å². The second-order valence-electron chi connectivity index (χ2n) is 4.02. The Balaban J connectivity index is 2.25. The smallest absolute Gasteiger partial charge is 0.257 e. The molecule has 0 saturated carbocycles. The number of carbonyl (C=O) groups is 2. The Bertz CT molecular complexity index is 689. The van der Waals surface area contributed by atoms with Crippen molar-refractivity contribution in [3.05, 3.63) is 63.1 Å². The van der Waals surface area contributed by atoms with Gasteiger partial charge in [0.15, 0.2) is 0 Å². The Morgan fingerprint density at radius 1 is 1.15 bits per heavy atom. The van der Waals surface area contributed by atoms with Crippen LogP contribution in [0.2, 0.25) is 5.02 Å². The van der Waals surface area contributed by atoms with Crippen molar-refractivity contribution in [2.45, 2.75) is 0 Å². The fourth-order valence-electron chi connectivity index (χ4n) is 1.62. The standard InChI is InChI=1S/C14H10BrClN2O2/c15-9-4-5-12(16)11(7-9)14(20)18-10-3-1-2-8(6-10)13(17)19/h1-7H,(H2,17,19)(H,18,20). The summed E-state index contributed by atoms with van der Waals surface area (Å²) < 4.78 is 0.748. The summed E-state index contributed by atoms with van der Waals surface area (Å²) in [6, 6.07) is 11.4. The number of halogens is 2. The van der Waals surface area contributed by atoms with E-state index in [0.29, 0.717) is 21.8 Å². The van der Waals surface area contributed by atoms with Crippen LogP contribution in [0.5, 0.6) is 0 Å². The molecule has 0 spiro atoms. The second kappa shape index (κ2) is 6.07. The summed E-state index contributed by atoms with van der Waals surface area (Å²) in [5.74, 6) is -0.917. The lowest BCUT2D eigenvalue weighted by Gasteiger charge is -2.08. The average molecular weight is 354 g/mol. The molecule has 0 bridgehead atoms. The molecule has 0 aliphatic heterocycles. The molecule has 0 saturated heterocycles. The molecule has 4 nitrogen and oxygen atoms in total. The maximum Gasteiger partial charge on any atom is 0.257 e. The first-order valence-corrected chi connectivity index (χ1v) is 6.81. The molecule has 2 aromatic carbocycles. The van der Waals surface area contributed by atoms with Gasteiger partial charge in [0.25, 0.3) is 5.91 Å². The monoisotopic (exact) mass is 352 g/mol. The Labute approximate surface area is 129 Å². The molecule has 0 aliphatic carbocycles. The van der Waals surface area contributed by atoms with E-state index in [4.69, 9.17) is 17.3 Å². The van der Waals surface area contributed by atoms with Gasteiger partial charge in [-0.25, -0.2) is 0 Å². The Hall–Kier alpha value is -1.85. The summed E-state index contributed by atoms with van der Waals surface area (Å²) >= 11 is 9.26. The van der Waals surface area contributed by atoms with Gasteiger partial charge in [-0.1, -0.05) is 33.6 Å². The zero-order valence-corrected chi connectivity index (χ0v) is 12.5. The van der Waals surface area contributed by atoms with Gasteiger partial charge in [-0.15, -0.1) is 0 Å². The number of hydrogen-bond donors (Lipinski definition) is 2. The van der Waals surface area contributed by atoms with Crippen LogP contribution in [0.25, 0.3) is 0 Å². The van der Waals surface area contributed by atoms with Crippen molar-refractivity contribution in [2.75, 3.05) is 5.32 Å². The van der Waals surface area contributed by atoms with Gasteiger partial charge in [0.2, 0.25) is 5.91 Å². The molecule has 0 fully saturated rings. The van der Waals surface area contributed by atoms with Gasteiger partial charge in [0.05, 0.1) is 10.6 Å². The third-order valence-corrected chi connectivity index (χ3v) is 3.40. The van der Waals surface area contributed by atoms with E-state index in [2.05, 4.69) is 21.2 Å². The summed E-state index contributed by atoms with van der Waals surface area (Å²) in [6.45, 7) is 0. The Morgan fingerprint density at radius 2 is 1.90 bits per heavy atom. The first kappa shape index (κ1) is 14.6. The third-order valence-electron chi connectivity index (χ3n) is 2.58.